The summed E-state index contributed by atoms with van der Waals surface area (Å²) in [4.78, 5) is 0. The van der Waals surface area contributed by atoms with Crippen LogP contribution in [0, 0.1) is 0 Å². The highest BCUT2D eigenvalue weighted by atomic mass is 16.6. The van der Waals surface area contributed by atoms with Crippen molar-refractivity contribution < 1.29 is 19.9 Å². The summed E-state index contributed by atoms with van der Waals surface area (Å²) in [5.74, 6) is 0. The van der Waals surface area contributed by atoms with E-state index in [2.05, 4.69) is 12.2 Å². The maximum atomic E-state index is 9.18. The smallest absolute Gasteiger partial charge is 0.157 e. The number of ether oxygens (including phenoxy) is 2. The zero-order chi connectivity index (χ0) is 8.97. The van der Waals surface area contributed by atoms with Crippen molar-refractivity contribution in [1.29, 1.82) is 0 Å². The minimum absolute atomic E-state index is 0.119. The summed E-state index contributed by atoms with van der Waals surface area (Å²) < 4.78 is 10.4. The predicted molar refractivity (Wildman–Crippen MR) is 43.6 cm³/mol. The molecule has 4 heteroatoms. The molecule has 0 unspecified atom stereocenters. The van der Waals surface area contributed by atoms with Crippen LogP contribution >= 0.6 is 0 Å². The van der Waals surface area contributed by atoms with Crippen LogP contribution in [0.15, 0.2) is 0 Å². The molecular weight excluding hydrogens is 158 g/mol. The Balaban J connectivity index is 2.39. The highest BCUT2D eigenvalue weighted by Crippen LogP contribution is 2.12. The molecule has 72 valence electrons. The predicted octanol–water partition coefficient (Wildman–Crippen LogP) is -1.31. The van der Waals surface area contributed by atoms with Gasteiger partial charge in [-0.3, -0.25) is 0 Å². The summed E-state index contributed by atoms with van der Waals surface area (Å²) in [6.45, 7) is 3.69. The second-order valence-corrected chi connectivity index (χ2v) is 3.11. The third kappa shape index (κ3) is 2.42. The van der Waals surface area contributed by atoms with Crippen LogP contribution in [0.1, 0.15) is 13.3 Å². The van der Waals surface area contributed by atoms with E-state index < -0.39 is 6.29 Å². The monoisotopic (exact) mass is 176 g/mol. The maximum absolute atomic E-state index is 9.18. The lowest BCUT2D eigenvalue weighted by Gasteiger charge is -2.30. The second kappa shape index (κ2) is 4.77. The van der Waals surface area contributed by atoms with Crippen LogP contribution in [0.5, 0.6) is 0 Å². The fourth-order valence-electron chi connectivity index (χ4n) is 1.56. The van der Waals surface area contributed by atoms with Gasteiger partial charge in [0.05, 0.1) is 6.54 Å². The molecule has 0 aromatic carbocycles. The lowest BCUT2D eigenvalue weighted by Crippen LogP contribution is -2.94. The molecule has 1 aliphatic rings. The first-order valence-electron chi connectivity index (χ1n) is 4.43. The summed E-state index contributed by atoms with van der Waals surface area (Å²) in [7, 11) is 1.68. The van der Waals surface area contributed by atoms with Crippen molar-refractivity contribution in [2.75, 3.05) is 20.3 Å². The third-order valence-electron chi connectivity index (χ3n) is 2.23. The first-order valence-corrected chi connectivity index (χ1v) is 4.43. The molecule has 3 atom stereocenters. The Morgan fingerprint density at radius 3 is 3.00 bits per heavy atom. The summed E-state index contributed by atoms with van der Waals surface area (Å²) in [6.07, 6.45) is 0.0580. The van der Waals surface area contributed by atoms with Crippen molar-refractivity contribution in [3.8, 4) is 0 Å². The molecule has 0 aliphatic carbocycles. The van der Waals surface area contributed by atoms with Crippen LogP contribution in [0.2, 0.25) is 0 Å². The standard InChI is InChI=1S/C8H17NO3/c1-3-9-6-5-12-8(10)4-7(6)11-2/h6-10H,3-5H2,1-2H3/p+1/t6-,7-,8+/m0/s1. The Labute approximate surface area is 72.9 Å². The van der Waals surface area contributed by atoms with Gasteiger partial charge in [0.1, 0.15) is 18.8 Å². The van der Waals surface area contributed by atoms with Crippen LogP contribution in [-0.2, 0) is 9.47 Å². The van der Waals surface area contributed by atoms with Gasteiger partial charge >= 0.3 is 0 Å². The van der Waals surface area contributed by atoms with Gasteiger partial charge in [0.25, 0.3) is 0 Å². The van der Waals surface area contributed by atoms with Crippen LogP contribution in [-0.4, -0.2) is 43.8 Å². The van der Waals surface area contributed by atoms with E-state index in [0.717, 1.165) is 6.54 Å². The van der Waals surface area contributed by atoms with Gasteiger partial charge in [0.15, 0.2) is 6.29 Å². The average molecular weight is 176 g/mol. The van der Waals surface area contributed by atoms with E-state index in [0.29, 0.717) is 19.1 Å². The largest absolute Gasteiger partial charge is 0.375 e. The fraction of sp³-hybridized carbons (Fsp3) is 1.00. The van der Waals surface area contributed by atoms with Gasteiger partial charge in [0.2, 0.25) is 0 Å². The summed E-state index contributed by atoms with van der Waals surface area (Å²) in [5.41, 5.74) is 0. The number of hydrogen-bond donors (Lipinski definition) is 2. The van der Waals surface area contributed by atoms with Crippen molar-refractivity contribution in [2.24, 2.45) is 0 Å². The molecule has 0 amide bonds. The van der Waals surface area contributed by atoms with E-state index in [9.17, 15) is 5.11 Å². The molecule has 0 aromatic rings. The van der Waals surface area contributed by atoms with Gasteiger partial charge < -0.3 is 19.9 Å². The van der Waals surface area contributed by atoms with Crippen LogP contribution in [0.3, 0.4) is 0 Å². The number of likely N-dealkylation sites (N-methyl/N-ethyl adjacent to an activating group) is 1. The lowest BCUT2D eigenvalue weighted by molar-refractivity contribution is -0.700. The molecule has 1 aliphatic heterocycles. The quantitative estimate of drug-likeness (QED) is 0.561. The molecular formula is C8H18NO3+. The molecule has 0 bridgehead atoms. The van der Waals surface area contributed by atoms with Crippen molar-refractivity contribution in [3.05, 3.63) is 0 Å². The molecule has 1 heterocycles. The molecule has 0 saturated carbocycles. The second-order valence-electron chi connectivity index (χ2n) is 3.11. The van der Waals surface area contributed by atoms with Crippen LogP contribution in [0.4, 0.5) is 0 Å². The molecule has 12 heavy (non-hydrogen) atoms. The SMILES string of the molecule is CC[NH2+][C@H]1CO[C@@H](O)C[C@@H]1OC. The van der Waals surface area contributed by atoms with E-state index in [4.69, 9.17) is 9.47 Å². The minimum Gasteiger partial charge on any atom is -0.375 e. The van der Waals surface area contributed by atoms with Gasteiger partial charge in [-0.15, -0.1) is 0 Å². The van der Waals surface area contributed by atoms with Crippen molar-refractivity contribution >= 4 is 0 Å². The lowest BCUT2D eigenvalue weighted by atomic mass is 10.1. The summed E-state index contributed by atoms with van der Waals surface area (Å²) >= 11 is 0. The molecule has 1 fully saturated rings. The third-order valence-corrected chi connectivity index (χ3v) is 2.23. The number of aliphatic hydroxyl groups excluding tert-OH is 1. The Hall–Kier alpha value is -0.160. The Morgan fingerprint density at radius 2 is 2.42 bits per heavy atom. The highest BCUT2D eigenvalue weighted by Gasteiger charge is 2.32. The fourth-order valence-corrected chi connectivity index (χ4v) is 1.56. The van der Waals surface area contributed by atoms with Crippen LogP contribution < -0.4 is 5.32 Å². The number of aliphatic hydroxyl groups is 1. The molecule has 0 aromatic heterocycles. The molecule has 3 N–H and O–H groups in total. The van der Waals surface area contributed by atoms with E-state index in [1.807, 2.05) is 0 Å². The normalized spacial score (nSPS) is 36.8. The van der Waals surface area contributed by atoms with Crippen molar-refractivity contribution in [3.63, 3.8) is 0 Å². The molecule has 1 rings (SSSR count). The molecule has 1 saturated heterocycles. The topological polar surface area (TPSA) is 55.3 Å². The number of quaternary nitrogens is 1. The Morgan fingerprint density at radius 1 is 1.67 bits per heavy atom. The number of methoxy groups -OCH3 is 1. The average Bonchev–Trinajstić information content (AvgIpc) is 2.08. The summed E-state index contributed by atoms with van der Waals surface area (Å²) in [6, 6.07) is 0.336. The first kappa shape index (κ1) is 9.92. The molecule has 4 nitrogen and oxygen atoms in total. The van der Waals surface area contributed by atoms with Gasteiger partial charge in [-0.2, -0.15) is 0 Å². The van der Waals surface area contributed by atoms with Gasteiger partial charge in [-0.1, -0.05) is 0 Å². The minimum atomic E-state index is -0.642. The van der Waals surface area contributed by atoms with E-state index >= 15 is 0 Å². The molecule has 0 radical (unpaired) electrons. The number of hydrogen-bond acceptors (Lipinski definition) is 3. The number of nitrogens with two attached hydrogens (primary N) is 1. The first-order chi connectivity index (χ1) is 5.77. The highest BCUT2D eigenvalue weighted by molar-refractivity contribution is 4.73. The Kier molecular flexibility index (Phi) is 3.94. The van der Waals surface area contributed by atoms with E-state index in [1.54, 1.807) is 7.11 Å². The summed E-state index contributed by atoms with van der Waals surface area (Å²) in [5, 5.41) is 11.4. The van der Waals surface area contributed by atoms with Crippen molar-refractivity contribution in [2.45, 2.75) is 31.8 Å². The van der Waals surface area contributed by atoms with Gasteiger partial charge in [-0.05, 0) is 6.92 Å². The maximum Gasteiger partial charge on any atom is 0.157 e. The number of rotatable bonds is 3. The van der Waals surface area contributed by atoms with Gasteiger partial charge in [0, 0.05) is 13.5 Å². The van der Waals surface area contributed by atoms with E-state index in [1.165, 1.54) is 0 Å². The van der Waals surface area contributed by atoms with E-state index in [-0.39, 0.29) is 6.10 Å². The zero-order valence-corrected chi connectivity index (χ0v) is 7.69. The van der Waals surface area contributed by atoms with Crippen LogP contribution in [0.25, 0.3) is 0 Å². The Bertz CT molecular complexity index is 131. The van der Waals surface area contributed by atoms with Crippen molar-refractivity contribution in [1.82, 2.24) is 0 Å². The molecule has 0 spiro atoms. The zero-order valence-electron chi connectivity index (χ0n) is 7.69. The van der Waals surface area contributed by atoms with Gasteiger partial charge in [-0.25, -0.2) is 0 Å².